The maximum Gasteiger partial charge on any atom is 0.218 e. The summed E-state index contributed by atoms with van der Waals surface area (Å²) in [6, 6.07) is 5.26. The number of anilines is 2. The minimum atomic E-state index is -1.75. The summed E-state index contributed by atoms with van der Waals surface area (Å²) < 4.78 is 24.5. The van der Waals surface area contributed by atoms with Crippen LogP contribution >= 0.6 is 11.6 Å². The second-order valence-corrected chi connectivity index (χ2v) is 10.6. The molecule has 9 heteroatoms. The van der Waals surface area contributed by atoms with E-state index in [1.807, 2.05) is 11.1 Å². The molecule has 3 aromatic rings. The number of halogens is 2. The molecule has 0 radical (unpaired) electrons. The van der Waals surface area contributed by atoms with Gasteiger partial charge in [-0.3, -0.25) is 9.99 Å². The molecule has 1 fully saturated rings. The molecule has 2 aliphatic rings. The van der Waals surface area contributed by atoms with Crippen LogP contribution in [0.25, 0.3) is 10.9 Å². The predicted octanol–water partition coefficient (Wildman–Crippen LogP) is 5.34. The van der Waals surface area contributed by atoms with E-state index in [-0.39, 0.29) is 11.0 Å². The zero-order chi connectivity index (χ0) is 26.4. The molecule has 1 aliphatic heterocycles. The SMILES string of the molecule is [2H][C@](Nc1cc(Cl)c2ncc(C#C)c(NCC(C)(C)C)c2c1)(C1=CN(C2CC2)NN1)c1cccnc1F. The van der Waals surface area contributed by atoms with Gasteiger partial charge in [-0.05, 0) is 36.5 Å². The van der Waals surface area contributed by atoms with Gasteiger partial charge >= 0.3 is 0 Å². The van der Waals surface area contributed by atoms with E-state index >= 15 is 0 Å². The average Bonchev–Trinajstić information content (AvgIpc) is 3.57. The number of fused-ring (bicyclic) bond motifs is 1. The monoisotopic (exact) mass is 506 g/mol. The Morgan fingerprint density at radius 2 is 2.17 bits per heavy atom. The van der Waals surface area contributed by atoms with Crippen LogP contribution in [0.5, 0.6) is 0 Å². The van der Waals surface area contributed by atoms with Crippen molar-refractivity contribution in [2.24, 2.45) is 5.41 Å². The van der Waals surface area contributed by atoms with Crippen LogP contribution < -0.4 is 21.6 Å². The molecule has 7 nitrogen and oxygen atoms in total. The van der Waals surface area contributed by atoms with E-state index < -0.39 is 12.0 Å². The zero-order valence-corrected chi connectivity index (χ0v) is 21.2. The lowest BCUT2D eigenvalue weighted by atomic mass is 9.96. The van der Waals surface area contributed by atoms with E-state index in [9.17, 15) is 5.76 Å². The molecule has 0 spiro atoms. The molecule has 4 N–H and O–H groups in total. The Kier molecular flexibility index (Phi) is 6.04. The molecule has 0 saturated heterocycles. The summed E-state index contributed by atoms with van der Waals surface area (Å²) in [5.41, 5.74) is 8.99. The molecule has 0 bridgehead atoms. The summed E-state index contributed by atoms with van der Waals surface area (Å²) in [5, 5.41) is 9.64. The van der Waals surface area contributed by atoms with Gasteiger partial charge in [0.15, 0.2) is 0 Å². The molecular formula is C27H29ClFN7. The highest BCUT2D eigenvalue weighted by molar-refractivity contribution is 6.35. The van der Waals surface area contributed by atoms with Crippen molar-refractivity contribution in [2.75, 3.05) is 17.2 Å². The Labute approximate surface area is 216 Å². The van der Waals surface area contributed by atoms with Gasteiger partial charge < -0.3 is 16.1 Å². The third kappa shape index (κ3) is 5.03. The first-order valence-corrected chi connectivity index (χ1v) is 12.2. The van der Waals surface area contributed by atoms with Gasteiger partial charge in [0.05, 0.1) is 34.9 Å². The van der Waals surface area contributed by atoms with Crippen LogP contribution in [0.2, 0.25) is 5.02 Å². The van der Waals surface area contributed by atoms with Crippen molar-refractivity contribution in [3.8, 4) is 12.3 Å². The van der Waals surface area contributed by atoms with Crippen molar-refractivity contribution in [3.05, 3.63) is 70.7 Å². The Hall–Kier alpha value is -3.54. The third-order valence-electron chi connectivity index (χ3n) is 5.97. The Bertz CT molecular complexity index is 1430. The molecule has 36 heavy (non-hydrogen) atoms. The highest BCUT2D eigenvalue weighted by atomic mass is 35.5. The van der Waals surface area contributed by atoms with E-state index in [2.05, 4.69) is 58.3 Å². The molecule has 1 atom stereocenters. The quantitative estimate of drug-likeness (QED) is 0.254. The maximum atomic E-state index is 15.0. The standard InChI is InChI=1S/C27H29ClFN7/c1-5-16-13-31-24-20(23(16)32-15-27(2,3)4)11-17(12-21(24)28)33-25(19-7-6-10-30-26(19)29)22-14-36(35-34-22)18-8-9-18/h1,6-7,10-14,18,25,33-35H,8-9,15H2,2-4H3,(H,31,32)/t25-/m1/s1/i25D. The van der Waals surface area contributed by atoms with Crippen molar-refractivity contribution in [1.29, 1.82) is 0 Å². The van der Waals surface area contributed by atoms with Crippen molar-refractivity contribution in [2.45, 2.75) is 45.7 Å². The smallest absolute Gasteiger partial charge is 0.218 e. The number of terminal acetylenes is 1. The van der Waals surface area contributed by atoms with E-state index in [0.717, 1.165) is 18.5 Å². The number of pyridine rings is 2. The second kappa shape index (κ2) is 9.49. The summed E-state index contributed by atoms with van der Waals surface area (Å²) in [6.45, 7) is 7.03. The maximum absolute atomic E-state index is 15.0. The van der Waals surface area contributed by atoms with Crippen LogP contribution in [0.4, 0.5) is 15.8 Å². The number of aromatic nitrogens is 2. The molecular weight excluding hydrogens is 477 g/mol. The van der Waals surface area contributed by atoms with Gasteiger partial charge in [-0.25, -0.2) is 4.98 Å². The first kappa shape index (κ1) is 22.9. The number of hydrogen-bond acceptors (Lipinski definition) is 7. The van der Waals surface area contributed by atoms with Crippen LogP contribution in [0, 0.1) is 23.7 Å². The van der Waals surface area contributed by atoms with E-state index in [0.29, 0.717) is 45.5 Å². The molecule has 1 aliphatic carbocycles. The molecule has 1 saturated carbocycles. The van der Waals surface area contributed by atoms with Gasteiger partial charge in [0.1, 0.15) is 0 Å². The van der Waals surface area contributed by atoms with Crippen molar-refractivity contribution in [1.82, 2.24) is 25.9 Å². The number of nitrogens with one attached hydrogen (secondary N) is 4. The summed E-state index contributed by atoms with van der Waals surface area (Å²) in [4.78, 5) is 8.27. The van der Waals surface area contributed by atoms with Gasteiger partial charge in [0, 0.05) is 47.8 Å². The fourth-order valence-electron chi connectivity index (χ4n) is 3.99. The molecule has 3 heterocycles. The lowest BCUT2D eigenvalue weighted by Crippen LogP contribution is -2.38. The summed E-state index contributed by atoms with van der Waals surface area (Å²) >= 11 is 6.68. The Balaban J connectivity index is 1.61. The number of rotatable bonds is 7. The van der Waals surface area contributed by atoms with Crippen molar-refractivity contribution >= 4 is 33.9 Å². The minimum Gasteiger partial charge on any atom is -0.383 e. The van der Waals surface area contributed by atoms with Crippen LogP contribution in [0.3, 0.4) is 0 Å². The molecule has 2 aromatic heterocycles. The third-order valence-corrected chi connectivity index (χ3v) is 6.26. The topological polar surface area (TPSA) is 77.1 Å². The average molecular weight is 507 g/mol. The lowest BCUT2D eigenvalue weighted by molar-refractivity contribution is 0.260. The van der Waals surface area contributed by atoms with Crippen LogP contribution in [0.15, 0.2) is 48.6 Å². The number of hydrazine groups is 2. The van der Waals surface area contributed by atoms with E-state index in [4.69, 9.17) is 18.0 Å². The van der Waals surface area contributed by atoms with Gasteiger partial charge in [-0.15, -0.1) is 12.0 Å². The highest BCUT2D eigenvalue weighted by Crippen LogP contribution is 2.37. The predicted molar refractivity (Wildman–Crippen MR) is 142 cm³/mol. The second-order valence-electron chi connectivity index (χ2n) is 10.2. The normalized spacial score (nSPS) is 17.6. The largest absolute Gasteiger partial charge is 0.383 e. The molecule has 5 rings (SSSR count). The number of hydrogen-bond donors (Lipinski definition) is 4. The summed E-state index contributed by atoms with van der Waals surface area (Å²) in [6.07, 6.45) is 12.7. The van der Waals surface area contributed by atoms with Crippen molar-refractivity contribution < 1.29 is 5.76 Å². The lowest BCUT2D eigenvalue weighted by Gasteiger charge is -2.23. The Morgan fingerprint density at radius 1 is 1.36 bits per heavy atom. The van der Waals surface area contributed by atoms with Crippen LogP contribution in [0.1, 0.15) is 52.1 Å². The summed E-state index contributed by atoms with van der Waals surface area (Å²) in [5.74, 6) is 1.95. The summed E-state index contributed by atoms with van der Waals surface area (Å²) in [7, 11) is 0. The van der Waals surface area contributed by atoms with Gasteiger partial charge in [-0.2, -0.15) is 4.39 Å². The Morgan fingerprint density at radius 3 is 2.86 bits per heavy atom. The molecule has 1 aromatic carbocycles. The van der Waals surface area contributed by atoms with Crippen molar-refractivity contribution in [3.63, 3.8) is 0 Å². The van der Waals surface area contributed by atoms with Crippen LogP contribution in [-0.4, -0.2) is 27.6 Å². The zero-order valence-electron chi connectivity index (χ0n) is 21.4. The minimum absolute atomic E-state index is 0.00364. The van der Waals surface area contributed by atoms with Gasteiger partial charge in [0.2, 0.25) is 5.95 Å². The molecule has 0 amide bonds. The highest BCUT2D eigenvalue weighted by Gasteiger charge is 2.33. The number of nitrogens with zero attached hydrogens (tertiary/aromatic N) is 3. The van der Waals surface area contributed by atoms with E-state index in [1.165, 1.54) is 6.20 Å². The van der Waals surface area contributed by atoms with Crippen LogP contribution in [-0.2, 0) is 0 Å². The number of benzene rings is 1. The first-order valence-electron chi connectivity index (χ1n) is 12.3. The first-order chi connectivity index (χ1) is 17.6. The fraction of sp³-hybridized carbons (Fsp3) is 0.333. The fourth-order valence-corrected chi connectivity index (χ4v) is 4.25. The molecule has 0 unspecified atom stereocenters. The van der Waals surface area contributed by atoms with Gasteiger partial charge in [-0.1, -0.05) is 44.4 Å². The van der Waals surface area contributed by atoms with E-state index in [1.54, 1.807) is 30.6 Å². The van der Waals surface area contributed by atoms with Gasteiger partial charge in [0.25, 0.3) is 0 Å². The molecule has 186 valence electrons.